The van der Waals surface area contributed by atoms with Crippen molar-refractivity contribution in [2.24, 2.45) is 0 Å². The van der Waals surface area contributed by atoms with E-state index in [4.69, 9.17) is 16.6 Å². The van der Waals surface area contributed by atoms with Gasteiger partial charge in [-0.2, -0.15) is 0 Å². The second kappa shape index (κ2) is 8.24. The molecule has 1 aromatic heterocycles. The van der Waals surface area contributed by atoms with Crippen LogP contribution in [0.3, 0.4) is 0 Å². The van der Waals surface area contributed by atoms with Crippen LogP contribution >= 0.6 is 28.1 Å². The van der Waals surface area contributed by atoms with E-state index >= 15 is 0 Å². The number of halogens is 1. The van der Waals surface area contributed by atoms with Gasteiger partial charge in [-0.3, -0.25) is 19.8 Å². The molecular formula is C24H19BrN2O3S. The number of nitrogens with zero attached hydrogens (tertiary/aromatic N) is 1. The van der Waals surface area contributed by atoms with E-state index in [-0.39, 0.29) is 10.7 Å². The number of amides is 2. The van der Waals surface area contributed by atoms with E-state index in [1.165, 1.54) is 11.0 Å². The summed E-state index contributed by atoms with van der Waals surface area (Å²) in [6.45, 7) is 5.88. The summed E-state index contributed by atoms with van der Waals surface area (Å²) in [5.41, 5.74) is 4.54. The number of hydrogen-bond donors (Lipinski definition) is 1. The highest BCUT2D eigenvalue weighted by Crippen LogP contribution is 2.32. The Kier molecular flexibility index (Phi) is 5.64. The molecule has 5 nitrogen and oxygen atoms in total. The van der Waals surface area contributed by atoms with Crippen LogP contribution in [-0.4, -0.2) is 16.9 Å². The Morgan fingerprint density at radius 3 is 2.58 bits per heavy atom. The minimum absolute atomic E-state index is 0.0432. The third-order valence-corrected chi connectivity index (χ3v) is 6.16. The number of carbonyl (C=O) groups is 2. The molecule has 1 aliphatic rings. The van der Waals surface area contributed by atoms with Crippen LogP contribution in [0, 0.1) is 20.8 Å². The Hall–Kier alpha value is -3.03. The summed E-state index contributed by atoms with van der Waals surface area (Å²) >= 11 is 8.84. The maximum Gasteiger partial charge on any atom is 0.270 e. The molecule has 7 heteroatoms. The van der Waals surface area contributed by atoms with Gasteiger partial charge in [0.15, 0.2) is 5.11 Å². The average Bonchev–Trinajstić information content (AvgIpc) is 3.16. The van der Waals surface area contributed by atoms with Crippen molar-refractivity contribution in [3.05, 3.63) is 81.0 Å². The van der Waals surface area contributed by atoms with Crippen molar-refractivity contribution in [1.29, 1.82) is 0 Å². The molecule has 1 saturated heterocycles. The second-order valence-corrected chi connectivity index (χ2v) is 8.60. The molecule has 0 saturated carbocycles. The molecule has 2 aromatic carbocycles. The Bertz CT molecular complexity index is 1280. The first-order chi connectivity index (χ1) is 14.8. The molecule has 31 heavy (non-hydrogen) atoms. The molecule has 4 rings (SSSR count). The molecule has 2 amide bonds. The highest BCUT2D eigenvalue weighted by molar-refractivity contribution is 9.10. The lowest BCUT2D eigenvalue weighted by Crippen LogP contribution is -2.54. The Morgan fingerprint density at radius 1 is 1.06 bits per heavy atom. The lowest BCUT2D eigenvalue weighted by atomic mass is 10.0. The van der Waals surface area contributed by atoms with E-state index in [2.05, 4.69) is 21.2 Å². The largest absolute Gasteiger partial charge is 0.457 e. The Morgan fingerprint density at radius 2 is 1.84 bits per heavy atom. The number of aryl methyl sites for hydroxylation is 2. The fraction of sp³-hybridized carbons (Fsp3) is 0.125. The smallest absolute Gasteiger partial charge is 0.270 e. The van der Waals surface area contributed by atoms with Gasteiger partial charge in [-0.05, 0) is 86.1 Å². The zero-order chi connectivity index (χ0) is 22.3. The standard InChI is InChI=1S/C24H19BrN2O3S/c1-13-7-9-17(19(25)11-13)21-10-8-16(30-21)12-18-22(28)26-24(31)27(23(18)29)20-6-4-5-14(2)15(20)3/h4-12H,1-3H3,(H,26,28,31)/b18-12-. The van der Waals surface area contributed by atoms with E-state index < -0.39 is 11.8 Å². The van der Waals surface area contributed by atoms with Gasteiger partial charge in [-0.15, -0.1) is 0 Å². The molecule has 0 spiro atoms. The maximum atomic E-state index is 13.2. The zero-order valence-corrected chi connectivity index (χ0v) is 19.6. The number of carbonyl (C=O) groups excluding carboxylic acids is 2. The van der Waals surface area contributed by atoms with Gasteiger partial charge in [-0.25, -0.2) is 0 Å². The molecule has 0 radical (unpaired) electrons. The number of anilines is 1. The van der Waals surface area contributed by atoms with Crippen molar-refractivity contribution >= 4 is 56.8 Å². The van der Waals surface area contributed by atoms with Gasteiger partial charge in [0, 0.05) is 10.0 Å². The summed E-state index contributed by atoms with van der Waals surface area (Å²) in [5.74, 6) is -0.0121. The quantitative estimate of drug-likeness (QED) is 0.298. The van der Waals surface area contributed by atoms with Gasteiger partial charge in [0.1, 0.15) is 17.1 Å². The zero-order valence-electron chi connectivity index (χ0n) is 17.2. The third kappa shape index (κ3) is 3.98. The number of rotatable bonds is 3. The summed E-state index contributed by atoms with van der Waals surface area (Å²) in [4.78, 5) is 27.1. The van der Waals surface area contributed by atoms with Gasteiger partial charge >= 0.3 is 0 Å². The molecule has 156 valence electrons. The van der Waals surface area contributed by atoms with Crippen LogP contribution < -0.4 is 10.2 Å². The molecule has 1 fully saturated rings. The molecule has 0 atom stereocenters. The first-order valence-corrected chi connectivity index (χ1v) is 10.8. The minimum atomic E-state index is -0.550. The minimum Gasteiger partial charge on any atom is -0.457 e. The van der Waals surface area contributed by atoms with E-state index in [1.54, 1.807) is 12.1 Å². The van der Waals surface area contributed by atoms with Gasteiger partial charge in [0.05, 0.1) is 5.69 Å². The van der Waals surface area contributed by atoms with Gasteiger partial charge < -0.3 is 4.42 Å². The second-order valence-electron chi connectivity index (χ2n) is 7.36. The summed E-state index contributed by atoms with van der Waals surface area (Å²) in [6.07, 6.45) is 1.45. The SMILES string of the molecule is Cc1ccc(-c2ccc(/C=C3/C(=O)NC(=S)N(c4cccc(C)c4C)C3=O)o2)c(Br)c1. The van der Waals surface area contributed by atoms with Crippen LogP contribution in [0.4, 0.5) is 5.69 Å². The number of thiocarbonyl (C=S) groups is 1. The molecule has 0 unspecified atom stereocenters. The van der Waals surface area contributed by atoms with E-state index in [0.717, 1.165) is 26.7 Å². The van der Waals surface area contributed by atoms with Crippen LogP contribution in [0.5, 0.6) is 0 Å². The normalized spacial score (nSPS) is 15.5. The summed E-state index contributed by atoms with van der Waals surface area (Å²) in [6, 6.07) is 15.1. The predicted octanol–water partition coefficient (Wildman–Crippen LogP) is 5.47. The molecule has 0 bridgehead atoms. The molecule has 3 aromatic rings. The molecule has 0 aliphatic carbocycles. The number of benzene rings is 2. The van der Waals surface area contributed by atoms with Gasteiger partial charge in [0.25, 0.3) is 11.8 Å². The van der Waals surface area contributed by atoms with Crippen LogP contribution in [0.2, 0.25) is 0 Å². The Labute approximate surface area is 193 Å². The van der Waals surface area contributed by atoms with Crippen LogP contribution in [0.25, 0.3) is 17.4 Å². The van der Waals surface area contributed by atoms with Crippen molar-refractivity contribution in [2.75, 3.05) is 4.90 Å². The lowest BCUT2D eigenvalue weighted by Gasteiger charge is -2.30. The summed E-state index contributed by atoms with van der Waals surface area (Å²) < 4.78 is 6.81. The third-order valence-electron chi connectivity index (χ3n) is 5.22. The van der Waals surface area contributed by atoms with Crippen molar-refractivity contribution in [2.45, 2.75) is 20.8 Å². The fourth-order valence-corrected chi connectivity index (χ4v) is 4.35. The number of furan rings is 1. The molecule has 1 aliphatic heterocycles. The van der Waals surface area contributed by atoms with Crippen molar-refractivity contribution < 1.29 is 14.0 Å². The van der Waals surface area contributed by atoms with Crippen LogP contribution in [0.15, 0.2) is 63.0 Å². The highest BCUT2D eigenvalue weighted by atomic mass is 79.9. The summed E-state index contributed by atoms with van der Waals surface area (Å²) in [5, 5.41) is 2.67. The average molecular weight is 495 g/mol. The van der Waals surface area contributed by atoms with Crippen molar-refractivity contribution in [1.82, 2.24) is 5.32 Å². The predicted molar refractivity (Wildman–Crippen MR) is 129 cm³/mol. The highest BCUT2D eigenvalue weighted by Gasteiger charge is 2.35. The maximum absolute atomic E-state index is 13.2. The number of hydrogen-bond acceptors (Lipinski definition) is 4. The van der Waals surface area contributed by atoms with Crippen LogP contribution in [0.1, 0.15) is 22.5 Å². The number of nitrogens with one attached hydrogen (secondary N) is 1. The fourth-order valence-electron chi connectivity index (χ4n) is 3.39. The van der Waals surface area contributed by atoms with E-state index in [9.17, 15) is 9.59 Å². The molecular weight excluding hydrogens is 476 g/mol. The Balaban J connectivity index is 1.71. The van der Waals surface area contributed by atoms with Crippen LogP contribution in [-0.2, 0) is 9.59 Å². The first-order valence-electron chi connectivity index (χ1n) is 9.60. The lowest BCUT2D eigenvalue weighted by molar-refractivity contribution is -0.122. The van der Waals surface area contributed by atoms with E-state index in [1.807, 2.05) is 57.2 Å². The monoisotopic (exact) mass is 494 g/mol. The van der Waals surface area contributed by atoms with Crippen molar-refractivity contribution in [3.8, 4) is 11.3 Å². The molecule has 2 heterocycles. The topological polar surface area (TPSA) is 62.6 Å². The molecule has 1 N–H and O–H groups in total. The van der Waals surface area contributed by atoms with E-state index in [0.29, 0.717) is 17.2 Å². The van der Waals surface area contributed by atoms with Crippen molar-refractivity contribution in [3.63, 3.8) is 0 Å². The summed E-state index contributed by atoms with van der Waals surface area (Å²) in [7, 11) is 0. The van der Waals surface area contributed by atoms with Gasteiger partial charge in [-0.1, -0.05) is 34.1 Å². The first kappa shape index (κ1) is 21.2. The van der Waals surface area contributed by atoms with Gasteiger partial charge in [0.2, 0.25) is 0 Å².